The second-order valence-corrected chi connectivity index (χ2v) is 9.42. The van der Waals surface area contributed by atoms with E-state index in [1.165, 1.54) is 77.0 Å². The third kappa shape index (κ3) is 6.93. The molecule has 0 N–H and O–H groups in total. The zero-order chi connectivity index (χ0) is 21.3. The lowest BCUT2D eigenvalue weighted by Crippen LogP contribution is -2.17. The molecule has 2 saturated carbocycles. The molecule has 1 aromatic carbocycles. The Balaban J connectivity index is 1.35. The maximum atomic E-state index is 13.2. The van der Waals surface area contributed by atoms with Gasteiger partial charge in [0.05, 0.1) is 0 Å². The van der Waals surface area contributed by atoms with Crippen LogP contribution in [0.5, 0.6) is 0 Å². The maximum absolute atomic E-state index is 13.2. The van der Waals surface area contributed by atoms with Crippen LogP contribution in [-0.2, 0) is 0 Å². The van der Waals surface area contributed by atoms with Gasteiger partial charge in [0.2, 0.25) is 0 Å². The minimum absolute atomic E-state index is 0.156. The lowest BCUT2D eigenvalue weighted by molar-refractivity contribution is 0.221. The molecule has 2 fully saturated rings. The first-order valence-electron chi connectivity index (χ1n) is 11.9. The Labute approximate surface area is 180 Å². The maximum Gasteiger partial charge on any atom is 0.194 e. The van der Waals surface area contributed by atoms with Crippen molar-refractivity contribution in [3.63, 3.8) is 0 Å². The SMILES string of the molecule is CCCC1CCC(CCC2CCC(/C=C/C#Cc3cc(F)c(F)c(F)c3)CC2)CC1. The van der Waals surface area contributed by atoms with Crippen LogP contribution in [0.3, 0.4) is 0 Å². The van der Waals surface area contributed by atoms with Gasteiger partial charge in [0, 0.05) is 5.56 Å². The molecular weight excluding hydrogens is 381 g/mol. The van der Waals surface area contributed by atoms with Crippen molar-refractivity contribution in [2.24, 2.45) is 23.7 Å². The Bertz CT molecular complexity index is 731. The standard InChI is InChI=1S/C27H35F3/c1-2-5-20-8-12-22(13-9-20)16-17-23-14-10-21(11-15-23)6-3-4-7-24-18-25(28)27(30)26(29)19-24/h3,6,18-23H,2,5,8-17H2,1H3/b6-3+. The van der Waals surface area contributed by atoms with Crippen LogP contribution in [0.25, 0.3) is 0 Å². The lowest BCUT2D eigenvalue weighted by atomic mass is 9.75. The molecule has 0 heterocycles. The Kier molecular flexibility index (Phi) is 8.91. The van der Waals surface area contributed by atoms with Gasteiger partial charge in [-0.2, -0.15) is 0 Å². The molecule has 0 bridgehead atoms. The second-order valence-electron chi connectivity index (χ2n) is 9.42. The molecule has 0 radical (unpaired) electrons. The molecule has 2 aliphatic carbocycles. The van der Waals surface area contributed by atoms with Crippen molar-refractivity contribution in [2.45, 2.75) is 84.0 Å². The molecule has 30 heavy (non-hydrogen) atoms. The number of hydrogen-bond acceptors (Lipinski definition) is 0. The van der Waals surface area contributed by atoms with E-state index in [0.29, 0.717) is 5.92 Å². The number of rotatable bonds is 6. The van der Waals surface area contributed by atoms with Crippen molar-refractivity contribution in [1.82, 2.24) is 0 Å². The topological polar surface area (TPSA) is 0 Å². The summed E-state index contributed by atoms with van der Waals surface area (Å²) >= 11 is 0. The van der Waals surface area contributed by atoms with Crippen LogP contribution in [0.2, 0.25) is 0 Å². The van der Waals surface area contributed by atoms with E-state index in [-0.39, 0.29) is 5.56 Å². The Morgan fingerprint density at radius 3 is 1.83 bits per heavy atom. The summed E-state index contributed by atoms with van der Waals surface area (Å²) in [4.78, 5) is 0. The Hall–Kier alpha value is -1.69. The van der Waals surface area contributed by atoms with E-state index in [2.05, 4.69) is 24.8 Å². The van der Waals surface area contributed by atoms with Crippen molar-refractivity contribution < 1.29 is 13.2 Å². The molecule has 0 amide bonds. The van der Waals surface area contributed by atoms with Crippen LogP contribution in [0.1, 0.15) is 89.5 Å². The van der Waals surface area contributed by atoms with Gasteiger partial charge in [-0.3, -0.25) is 0 Å². The summed E-state index contributed by atoms with van der Waals surface area (Å²) in [6.07, 6.45) is 20.2. The first-order valence-corrected chi connectivity index (χ1v) is 11.9. The second kappa shape index (κ2) is 11.6. The molecule has 0 atom stereocenters. The summed E-state index contributed by atoms with van der Waals surface area (Å²) in [5, 5.41) is 0. The molecule has 0 spiro atoms. The number of hydrogen-bond donors (Lipinski definition) is 0. The summed E-state index contributed by atoms with van der Waals surface area (Å²) in [7, 11) is 0. The minimum Gasteiger partial charge on any atom is -0.204 e. The van der Waals surface area contributed by atoms with Crippen LogP contribution in [0, 0.1) is 53.0 Å². The van der Waals surface area contributed by atoms with Gasteiger partial charge >= 0.3 is 0 Å². The predicted molar refractivity (Wildman–Crippen MR) is 117 cm³/mol. The minimum atomic E-state index is -1.45. The first kappa shape index (κ1) is 23.0. The monoisotopic (exact) mass is 416 g/mol. The van der Waals surface area contributed by atoms with Gasteiger partial charge in [-0.15, -0.1) is 0 Å². The molecule has 3 rings (SSSR count). The van der Waals surface area contributed by atoms with Gasteiger partial charge < -0.3 is 0 Å². The van der Waals surface area contributed by atoms with E-state index in [1.807, 2.05) is 0 Å². The molecule has 0 nitrogen and oxygen atoms in total. The van der Waals surface area contributed by atoms with Gasteiger partial charge in [0.1, 0.15) is 0 Å². The number of allylic oxidation sites excluding steroid dienone is 2. The molecule has 1 aromatic rings. The highest BCUT2D eigenvalue weighted by Gasteiger charge is 2.23. The molecule has 0 aliphatic heterocycles. The van der Waals surface area contributed by atoms with E-state index in [1.54, 1.807) is 6.08 Å². The first-order chi connectivity index (χ1) is 14.5. The molecule has 3 heteroatoms. The van der Waals surface area contributed by atoms with E-state index >= 15 is 0 Å². The van der Waals surface area contributed by atoms with Crippen LogP contribution in [-0.4, -0.2) is 0 Å². The summed E-state index contributed by atoms with van der Waals surface area (Å²) in [5.74, 6) is 5.05. The van der Waals surface area contributed by atoms with Crippen LogP contribution < -0.4 is 0 Å². The van der Waals surface area contributed by atoms with Gasteiger partial charge in [-0.05, 0) is 67.6 Å². The van der Waals surface area contributed by atoms with Crippen molar-refractivity contribution in [3.05, 3.63) is 47.3 Å². The Morgan fingerprint density at radius 1 is 0.800 bits per heavy atom. The van der Waals surface area contributed by atoms with Gasteiger partial charge in [-0.25, -0.2) is 13.2 Å². The van der Waals surface area contributed by atoms with Gasteiger partial charge in [-0.1, -0.05) is 76.2 Å². The summed E-state index contributed by atoms with van der Waals surface area (Å²) in [5.41, 5.74) is 0.156. The largest absolute Gasteiger partial charge is 0.204 e. The van der Waals surface area contributed by atoms with E-state index < -0.39 is 17.5 Å². The molecular formula is C27H35F3. The molecule has 0 aromatic heterocycles. The molecule has 0 unspecified atom stereocenters. The van der Waals surface area contributed by atoms with Gasteiger partial charge in [0.25, 0.3) is 0 Å². The van der Waals surface area contributed by atoms with Crippen molar-refractivity contribution >= 4 is 0 Å². The van der Waals surface area contributed by atoms with Crippen LogP contribution in [0.4, 0.5) is 13.2 Å². The smallest absolute Gasteiger partial charge is 0.194 e. The summed E-state index contributed by atoms with van der Waals surface area (Å²) < 4.78 is 39.4. The van der Waals surface area contributed by atoms with Crippen LogP contribution in [0.15, 0.2) is 24.3 Å². The summed E-state index contributed by atoms with van der Waals surface area (Å²) in [6.45, 7) is 2.30. The molecule has 164 valence electrons. The highest BCUT2D eigenvalue weighted by Crippen LogP contribution is 2.37. The van der Waals surface area contributed by atoms with Crippen molar-refractivity contribution in [1.29, 1.82) is 0 Å². The fourth-order valence-electron chi connectivity index (χ4n) is 5.29. The third-order valence-electron chi connectivity index (χ3n) is 7.19. The zero-order valence-electron chi connectivity index (χ0n) is 18.2. The molecule has 2 aliphatic rings. The van der Waals surface area contributed by atoms with E-state index in [4.69, 9.17) is 0 Å². The third-order valence-corrected chi connectivity index (χ3v) is 7.19. The van der Waals surface area contributed by atoms with Crippen molar-refractivity contribution in [2.75, 3.05) is 0 Å². The predicted octanol–water partition coefficient (Wildman–Crippen LogP) is 8.20. The average Bonchev–Trinajstić information content (AvgIpc) is 2.75. The van der Waals surface area contributed by atoms with Crippen molar-refractivity contribution in [3.8, 4) is 11.8 Å². The fourth-order valence-corrected chi connectivity index (χ4v) is 5.29. The average molecular weight is 417 g/mol. The molecule has 0 saturated heterocycles. The highest BCUT2D eigenvalue weighted by atomic mass is 19.2. The summed E-state index contributed by atoms with van der Waals surface area (Å²) in [6, 6.07) is 1.86. The van der Waals surface area contributed by atoms with E-state index in [9.17, 15) is 13.2 Å². The van der Waals surface area contributed by atoms with E-state index in [0.717, 1.165) is 29.9 Å². The number of halogens is 3. The van der Waals surface area contributed by atoms with Gasteiger partial charge in [0.15, 0.2) is 17.5 Å². The normalized spacial score (nSPS) is 27.1. The fraction of sp³-hybridized carbons (Fsp3) is 0.630. The Morgan fingerprint density at radius 2 is 1.30 bits per heavy atom. The number of benzene rings is 1. The lowest BCUT2D eigenvalue weighted by Gasteiger charge is -2.31. The highest BCUT2D eigenvalue weighted by molar-refractivity contribution is 5.37. The zero-order valence-corrected chi connectivity index (χ0v) is 18.2. The van der Waals surface area contributed by atoms with Crippen LogP contribution >= 0.6 is 0 Å². The quantitative estimate of drug-likeness (QED) is 0.324.